The molecule has 0 aromatic carbocycles. The van der Waals surface area contributed by atoms with Crippen molar-refractivity contribution >= 4 is 0 Å². The first-order chi connectivity index (χ1) is 7.66. The average Bonchev–Trinajstić information content (AvgIpc) is 2.16. The predicted octanol–water partition coefficient (Wildman–Crippen LogP) is 1.78. The molecule has 0 radical (unpaired) electrons. The molecule has 1 atom stereocenters. The second-order valence-corrected chi connectivity index (χ2v) is 7.31. The minimum absolute atomic E-state index is 0.276. The van der Waals surface area contributed by atoms with E-state index in [4.69, 9.17) is 5.73 Å². The molecule has 17 heavy (non-hydrogen) atoms. The van der Waals surface area contributed by atoms with Crippen molar-refractivity contribution in [2.24, 2.45) is 11.1 Å². The molecule has 102 valence electrons. The number of nitrogens with two attached hydrogens (primary N) is 1. The van der Waals surface area contributed by atoms with Crippen molar-refractivity contribution in [2.45, 2.75) is 53.1 Å². The molecule has 1 rings (SSSR count). The van der Waals surface area contributed by atoms with E-state index in [1.165, 1.54) is 0 Å². The Balaban J connectivity index is 2.57. The molecule has 2 N–H and O–H groups in total. The van der Waals surface area contributed by atoms with Gasteiger partial charge in [0, 0.05) is 44.3 Å². The molecule has 0 amide bonds. The van der Waals surface area contributed by atoms with Gasteiger partial charge in [-0.15, -0.1) is 0 Å². The van der Waals surface area contributed by atoms with Gasteiger partial charge < -0.3 is 5.73 Å². The van der Waals surface area contributed by atoms with Gasteiger partial charge in [0.2, 0.25) is 0 Å². The van der Waals surface area contributed by atoms with Gasteiger partial charge >= 0.3 is 0 Å². The molecule has 0 aromatic rings. The zero-order valence-electron chi connectivity index (χ0n) is 12.6. The summed E-state index contributed by atoms with van der Waals surface area (Å²) in [6, 6.07) is 0.504. The Morgan fingerprint density at radius 1 is 0.941 bits per heavy atom. The van der Waals surface area contributed by atoms with E-state index in [1.807, 2.05) is 0 Å². The van der Waals surface area contributed by atoms with E-state index in [-0.39, 0.29) is 5.41 Å². The Morgan fingerprint density at radius 2 is 1.41 bits per heavy atom. The van der Waals surface area contributed by atoms with E-state index in [2.05, 4.69) is 51.3 Å². The Kier molecular flexibility index (Phi) is 4.61. The van der Waals surface area contributed by atoms with Gasteiger partial charge in [0.15, 0.2) is 0 Å². The fraction of sp³-hybridized carbons (Fsp3) is 1.00. The molecule has 1 unspecified atom stereocenters. The van der Waals surface area contributed by atoms with Crippen molar-refractivity contribution in [1.82, 2.24) is 9.80 Å². The van der Waals surface area contributed by atoms with E-state index in [9.17, 15) is 0 Å². The third-order valence-electron chi connectivity index (χ3n) is 3.93. The zero-order valence-corrected chi connectivity index (χ0v) is 12.6. The Labute approximate surface area is 107 Å². The maximum Gasteiger partial charge on any atom is 0.0267 e. The summed E-state index contributed by atoms with van der Waals surface area (Å²) < 4.78 is 0. The molecule has 0 bridgehead atoms. The lowest BCUT2D eigenvalue weighted by Gasteiger charge is -2.47. The largest absolute Gasteiger partial charge is 0.329 e. The van der Waals surface area contributed by atoms with Crippen LogP contribution in [0, 0.1) is 5.41 Å². The summed E-state index contributed by atoms with van der Waals surface area (Å²) in [6.45, 7) is 19.2. The van der Waals surface area contributed by atoms with Crippen LogP contribution >= 0.6 is 0 Å². The van der Waals surface area contributed by atoms with Gasteiger partial charge in [-0.2, -0.15) is 0 Å². The van der Waals surface area contributed by atoms with Crippen LogP contribution in [-0.4, -0.2) is 54.1 Å². The maximum absolute atomic E-state index is 5.95. The third kappa shape index (κ3) is 3.94. The van der Waals surface area contributed by atoms with Crippen molar-refractivity contribution < 1.29 is 0 Å². The number of rotatable bonds is 2. The first-order valence-electron chi connectivity index (χ1n) is 6.85. The minimum Gasteiger partial charge on any atom is -0.329 e. The molecule has 0 spiro atoms. The molecule has 0 aromatic heterocycles. The number of piperazine rings is 1. The van der Waals surface area contributed by atoms with Crippen molar-refractivity contribution in [3.05, 3.63) is 0 Å². The Hall–Kier alpha value is -0.120. The van der Waals surface area contributed by atoms with Crippen LogP contribution in [0.1, 0.15) is 41.5 Å². The number of hydrogen-bond acceptors (Lipinski definition) is 3. The van der Waals surface area contributed by atoms with Crippen LogP contribution in [0.25, 0.3) is 0 Å². The molecule has 1 fully saturated rings. The summed E-state index contributed by atoms with van der Waals surface area (Å²) in [6.07, 6.45) is 0. The molecule has 0 saturated carbocycles. The van der Waals surface area contributed by atoms with Crippen LogP contribution in [0.2, 0.25) is 0 Å². The second kappa shape index (κ2) is 5.25. The van der Waals surface area contributed by atoms with E-state index < -0.39 is 0 Å². The first kappa shape index (κ1) is 14.9. The normalized spacial score (nSPS) is 22.8. The summed E-state index contributed by atoms with van der Waals surface area (Å²) >= 11 is 0. The minimum atomic E-state index is 0.276. The smallest absolute Gasteiger partial charge is 0.0267 e. The fourth-order valence-corrected chi connectivity index (χ4v) is 2.75. The zero-order chi connectivity index (χ0) is 13.3. The van der Waals surface area contributed by atoms with Crippen LogP contribution < -0.4 is 5.73 Å². The van der Waals surface area contributed by atoms with E-state index >= 15 is 0 Å². The van der Waals surface area contributed by atoms with Gasteiger partial charge in [0.05, 0.1) is 0 Å². The summed E-state index contributed by atoms with van der Waals surface area (Å²) in [5.74, 6) is 0. The SMILES string of the molecule is CC(C)(C)C(CN)N1CCN(C(C)(C)C)CC1. The molecule has 3 nitrogen and oxygen atoms in total. The Bertz CT molecular complexity index is 229. The lowest BCUT2D eigenvalue weighted by Crippen LogP contribution is -2.59. The van der Waals surface area contributed by atoms with Gasteiger partial charge in [0.1, 0.15) is 0 Å². The number of hydrogen-bond donors (Lipinski definition) is 1. The molecular weight excluding hydrogens is 210 g/mol. The van der Waals surface area contributed by atoms with Crippen molar-refractivity contribution in [2.75, 3.05) is 32.7 Å². The van der Waals surface area contributed by atoms with E-state index in [0.717, 1.165) is 32.7 Å². The quantitative estimate of drug-likeness (QED) is 0.800. The van der Waals surface area contributed by atoms with E-state index in [1.54, 1.807) is 0 Å². The molecular formula is C14H31N3. The van der Waals surface area contributed by atoms with Gasteiger partial charge in [-0.1, -0.05) is 20.8 Å². The molecule has 1 aliphatic rings. The first-order valence-corrected chi connectivity index (χ1v) is 6.85. The van der Waals surface area contributed by atoms with Crippen LogP contribution in [0.15, 0.2) is 0 Å². The lowest BCUT2D eigenvalue weighted by molar-refractivity contribution is 0.0158. The highest BCUT2D eigenvalue weighted by Gasteiger charge is 2.33. The highest BCUT2D eigenvalue weighted by molar-refractivity contribution is 4.89. The van der Waals surface area contributed by atoms with E-state index in [0.29, 0.717) is 11.6 Å². The van der Waals surface area contributed by atoms with Crippen LogP contribution in [0.3, 0.4) is 0 Å². The fourth-order valence-electron chi connectivity index (χ4n) is 2.75. The average molecular weight is 241 g/mol. The summed E-state index contributed by atoms with van der Waals surface area (Å²) in [7, 11) is 0. The van der Waals surface area contributed by atoms with Gasteiger partial charge in [-0.25, -0.2) is 0 Å². The molecule has 1 heterocycles. The monoisotopic (exact) mass is 241 g/mol. The summed E-state index contributed by atoms with van der Waals surface area (Å²) in [5, 5.41) is 0. The molecule has 1 aliphatic heterocycles. The van der Waals surface area contributed by atoms with Crippen LogP contribution in [-0.2, 0) is 0 Å². The maximum atomic E-state index is 5.95. The predicted molar refractivity (Wildman–Crippen MR) is 75.2 cm³/mol. The Morgan fingerprint density at radius 3 is 1.71 bits per heavy atom. The summed E-state index contributed by atoms with van der Waals surface area (Å²) in [5.41, 5.74) is 6.53. The molecule has 1 saturated heterocycles. The molecule has 0 aliphatic carbocycles. The number of nitrogens with zero attached hydrogens (tertiary/aromatic N) is 2. The van der Waals surface area contributed by atoms with Crippen LogP contribution in [0.4, 0.5) is 0 Å². The van der Waals surface area contributed by atoms with Crippen LogP contribution in [0.5, 0.6) is 0 Å². The van der Waals surface area contributed by atoms with Crippen molar-refractivity contribution in [1.29, 1.82) is 0 Å². The highest BCUT2D eigenvalue weighted by atomic mass is 15.3. The highest BCUT2D eigenvalue weighted by Crippen LogP contribution is 2.26. The topological polar surface area (TPSA) is 32.5 Å². The standard InChI is InChI=1S/C14H31N3/c1-13(2,3)12(11-15)16-7-9-17(10-8-16)14(4,5)6/h12H,7-11,15H2,1-6H3. The van der Waals surface area contributed by atoms with Gasteiger partial charge in [-0.05, 0) is 26.2 Å². The van der Waals surface area contributed by atoms with Gasteiger partial charge in [0.25, 0.3) is 0 Å². The van der Waals surface area contributed by atoms with Gasteiger partial charge in [-0.3, -0.25) is 9.80 Å². The molecule has 3 heteroatoms. The lowest BCUT2D eigenvalue weighted by atomic mass is 9.85. The third-order valence-corrected chi connectivity index (χ3v) is 3.93. The van der Waals surface area contributed by atoms with Crippen molar-refractivity contribution in [3.63, 3.8) is 0 Å². The van der Waals surface area contributed by atoms with Crippen molar-refractivity contribution in [3.8, 4) is 0 Å². The second-order valence-electron chi connectivity index (χ2n) is 7.31. The summed E-state index contributed by atoms with van der Waals surface area (Å²) in [4.78, 5) is 5.14.